The van der Waals surface area contributed by atoms with E-state index in [0.717, 1.165) is 122 Å². The van der Waals surface area contributed by atoms with E-state index >= 15 is 0 Å². The Bertz CT molecular complexity index is 7150. The molecule has 4 aromatic heterocycles. The lowest BCUT2D eigenvalue weighted by Gasteiger charge is -2.39. The highest BCUT2D eigenvalue weighted by atomic mass is 16.5. The molecule has 5 aliphatic carbocycles. The van der Waals surface area contributed by atoms with Crippen molar-refractivity contribution in [3.63, 3.8) is 0 Å². The second-order valence-electron chi connectivity index (χ2n) is 33.0. The SMILES string of the molecule is C1=CCC2C(=C1)Oc1cc(-n3c4cc(-c5nc(-c6ccccc6)nc(-c6ccc(-c7ccccc7)cc6)n5)ccc4c4cc5c(cc43)-c3ccccc3C53CCC(c4cccc(-c5ccc(-c6nc(-c7ccccc7)nc(-c7ccc8c9cc%10c(cc9n(-c9ccccc9)c8c7)-c7ccccc7C%107CCCCC7)n6)cc5)c4)CC3)ccc12. The van der Waals surface area contributed by atoms with Crippen molar-refractivity contribution in [1.29, 1.82) is 0 Å². The molecule has 9 nitrogen and oxygen atoms in total. The Morgan fingerprint density at radius 2 is 0.726 bits per heavy atom. The quantitative estimate of drug-likeness (QED) is 0.127. The molecule has 2 saturated carbocycles. The van der Waals surface area contributed by atoms with Gasteiger partial charge in [0.2, 0.25) is 0 Å². The number of hydrogen-bond acceptors (Lipinski definition) is 7. The summed E-state index contributed by atoms with van der Waals surface area (Å²) in [6.45, 7) is 0. The Balaban J connectivity index is 0.561. The van der Waals surface area contributed by atoms with Crippen LogP contribution in [0, 0.1) is 0 Å². The largest absolute Gasteiger partial charge is 0.461 e. The molecule has 1 unspecified atom stereocenters. The Morgan fingerprint density at radius 3 is 1.27 bits per heavy atom. The van der Waals surface area contributed by atoms with Crippen molar-refractivity contribution in [3.8, 4) is 130 Å². The maximum atomic E-state index is 6.74. The highest BCUT2D eigenvalue weighted by Gasteiger charge is 2.47. The molecule has 2 fully saturated rings. The third kappa shape index (κ3) is 10.9. The fraction of sp³-hybridized carbons (Fsp3) is 0.130. The Kier molecular flexibility index (Phi) is 15.5. The first-order chi connectivity index (χ1) is 57.9. The van der Waals surface area contributed by atoms with Gasteiger partial charge in [0.05, 0.1) is 22.1 Å². The number of ether oxygens (including phenoxy) is 1. The van der Waals surface area contributed by atoms with Gasteiger partial charge in [0.25, 0.3) is 0 Å². The van der Waals surface area contributed by atoms with E-state index in [1.54, 1.807) is 0 Å². The zero-order valence-electron chi connectivity index (χ0n) is 64.5. The third-order valence-electron chi connectivity index (χ3n) is 26.8. The summed E-state index contributed by atoms with van der Waals surface area (Å²) in [5.74, 6) is 6.30. The molecule has 0 radical (unpaired) electrons. The summed E-state index contributed by atoms with van der Waals surface area (Å²) in [6, 6.07) is 118. The summed E-state index contributed by atoms with van der Waals surface area (Å²) < 4.78 is 11.7. The minimum Gasteiger partial charge on any atom is -0.461 e. The van der Waals surface area contributed by atoms with Crippen molar-refractivity contribution < 1.29 is 4.74 Å². The van der Waals surface area contributed by atoms with Gasteiger partial charge in [0.1, 0.15) is 11.5 Å². The monoisotopic (exact) mass is 1500 g/mol. The van der Waals surface area contributed by atoms with Crippen molar-refractivity contribution in [3.05, 3.63) is 379 Å². The van der Waals surface area contributed by atoms with Gasteiger partial charge in [-0.2, -0.15) is 0 Å². The number of aromatic nitrogens is 8. The van der Waals surface area contributed by atoms with E-state index in [-0.39, 0.29) is 16.7 Å². The molecule has 117 heavy (non-hydrogen) atoms. The molecule has 2 spiro atoms. The summed E-state index contributed by atoms with van der Waals surface area (Å²) in [5.41, 5.74) is 30.7. The van der Waals surface area contributed by atoms with Crippen LogP contribution >= 0.6 is 0 Å². The zero-order chi connectivity index (χ0) is 76.9. The van der Waals surface area contributed by atoms with E-state index in [1.807, 2.05) is 24.3 Å². The molecule has 18 aromatic rings. The van der Waals surface area contributed by atoms with Crippen LogP contribution in [-0.2, 0) is 10.8 Å². The average molecular weight is 1500 g/mol. The van der Waals surface area contributed by atoms with Gasteiger partial charge in [-0.3, -0.25) is 0 Å². The van der Waals surface area contributed by atoms with Gasteiger partial charge in [0, 0.05) is 94.7 Å². The molecular weight excluding hydrogens is 1430 g/mol. The minimum atomic E-state index is -0.164. The minimum absolute atomic E-state index is 0.0472. The van der Waals surface area contributed by atoms with Crippen LogP contribution in [0.25, 0.3) is 168 Å². The molecule has 5 heterocycles. The summed E-state index contributed by atoms with van der Waals surface area (Å²) in [6.07, 6.45) is 17.8. The lowest BCUT2D eigenvalue weighted by atomic mass is 9.64. The van der Waals surface area contributed by atoms with Gasteiger partial charge in [-0.1, -0.05) is 292 Å². The van der Waals surface area contributed by atoms with Crippen LogP contribution in [0.5, 0.6) is 5.75 Å². The van der Waals surface area contributed by atoms with Crippen LogP contribution in [0.1, 0.15) is 109 Å². The van der Waals surface area contributed by atoms with Gasteiger partial charge in [0.15, 0.2) is 34.9 Å². The summed E-state index contributed by atoms with van der Waals surface area (Å²) in [5, 5.41) is 4.90. The molecule has 0 bridgehead atoms. The first kappa shape index (κ1) is 67.5. The Labute approximate surface area is 678 Å². The van der Waals surface area contributed by atoms with Crippen LogP contribution < -0.4 is 4.74 Å². The lowest BCUT2D eigenvalue weighted by molar-refractivity contribution is 0.321. The zero-order valence-corrected chi connectivity index (χ0v) is 64.5. The predicted octanol–water partition coefficient (Wildman–Crippen LogP) is 26.8. The summed E-state index contributed by atoms with van der Waals surface area (Å²) >= 11 is 0. The van der Waals surface area contributed by atoms with Gasteiger partial charge < -0.3 is 13.9 Å². The Hall–Kier alpha value is -14.0. The van der Waals surface area contributed by atoms with Gasteiger partial charge in [-0.25, -0.2) is 29.9 Å². The molecule has 556 valence electrons. The number of rotatable bonds is 11. The van der Waals surface area contributed by atoms with E-state index in [0.29, 0.717) is 40.9 Å². The highest BCUT2D eigenvalue weighted by Crippen LogP contribution is 2.61. The number of para-hydroxylation sites is 1. The number of benzene rings is 14. The normalized spacial score (nSPS) is 17.2. The molecule has 6 aliphatic rings. The van der Waals surface area contributed by atoms with Gasteiger partial charge in [-0.05, 0) is 184 Å². The second-order valence-corrected chi connectivity index (χ2v) is 33.0. The van der Waals surface area contributed by atoms with Crippen LogP contribution in [0.4, 0.5) is 0 Å². The highest BCUT2D eigenvalue weighted by molar-refractivity contribution is 6.14. The van der Waals surface area contributed by atoms with E-state index in [4.69, 9.17) is 34.6 Å². The maximum Gasteiger partial charge on any atom is 0.164 e. The first-order valence-electron chi connectivity index (χ1n) is 41.6. The topological polar surface area (TPSA) is 96.4 Å². The number of nitrogens with zero attached hydrogens (tertiary/aromatic N) is 8. The molecule has 0 N–H and O–H groups in total. The third-order valence-corrected chi connectivity index (χ3v) is 26.8. The smallest absolute Gasteiger partial charge is 0.164 e. The molecule has 1 aliphatic heterocycles. The molecule has 14 aromatic carbocycles. The van der Waals surface area contributed by atoms with Crippen molar-refractivity contribution in [2.75, 3.05) is 0 Å². The molecular formula is C108H78N8O. The Morgan fingerprint density at radius 1 is 0.299 bits per heavy atom. The van der Waals surface area contributed by atoms with E-state index in [2.05, 4.69) is 325 Å². The summed E-state index contributed by atoms with van der Waals surface area (Å²) in [7, 11) is 0. The molecule has 0 saturated heterocycles. The van der Waals surface area contributed by atoms with E-state index in [1.165, 1.54) is 120 Å². The number of allylic oxidation sites excluding steroid dienone is 4. The van der Waals surface area contributed by atoms with Crippen molar-refractivity contribution in [2.45, 2.75) is 86.9 Å². The molecule has 0 amide bonds. The fourth-order valence-corrected chi connectivity index (χ4v) is 21.1. The molecule has 1 atom stereocenters. The van der Waals surface area contributed by atoms with E-state index < -0.39 is 0 Å². The lowest BCUT2D eigenvalue weighted by Crippen LogP contribution is -2.30. The van der Waals surface area contributed by atoms with Crippen molar-refractivity contribution in [1.82, 2.24) is 39.0 Å². The first-order valence-corrected chi connectivity index (χ1v) is 41.6. The molecule has 9 heteroatoms. The fourth-order valence-electron chi connectivity index (χ4n) is 21.1. The molecule has 24 rings (SSSR count). The second kappa shape index (κ2) is 26.8. The summed E-state index contributed by atoms with van der Waals surface area (Å²) in [4.78, 5) is 31.7. The predicted molar refractivity (Wildman–Crippen MR) is 474 cm³/mol. The van der Waals surface area contributed by atoms with Crippen molar-refractivity contribution in [2.24, 2.45) is 0 Å². The van der Waals surface area contributed by atoms with E-state index in [9.17, 15) is 0 Å². The van der Waals surface area contributed by atoms with Gasteiger partial charge >= 0.3 is 0 Å². The van der Waals surface area contributed by atoms with Crippen LogP contribution in [0.3, 0.4) is 0 Å². The van der Waals surface area contributed by atoms with Crippen molar-refractivity contribution >= 4 is 43.6 Å². The maximum absolute atomic E-state index is 6.74. The van der Waals surface area contributed by atoms with Crippen LogP contribution in [0.2, 0.25) is 0 Å². The average Bonchev–Trinajstić information content (AvgIpc) is 1.54. The number of hydrogen-bond donors (Lipinski definition) is 0. The van der Waals surface area contributed by atoms with Crippen LogP contribution in [0.15, 0.2) is 346 Å². The van der Waals surface area contributed by atoms with Crippen LogP contribution in [-0.4, -0.2) is 39.0 Å². The number of fused-ring (bicyclic) bond motifs is 19. The van der Waals surface area contributed by atoms with Gasteiger partial charge in [-0.15, -0.1) is 0 Å². The standard InChI is InChI=1S/C108H78N8O/c1-6-23-67(24-7-1)68-39-43-73(44-40-68)103-109-101(71-25-8-2-9-26-71)112-106(113-103)78-48-51-84-90-64-94-88(66-98(90)116(96(84)61-78)80-49-52-86-85-35-16-19-38-99(85)117-100(86)62-80)82-34-15-18-37-92(82)108(94)57-53-70(54-58-108)76-30-22-29-75(59-76)69-41-45-74(46-42-69)104-110-102(72-27-10-3-11-28-72)111-105(114-104)77-47-50-83-89-63-93-87(65-97(89)115(95(83)60-77)79-31-12-4-13-32-79)81-33-14-17-36-91(81)107(93)55-20-5-21-56-107/h1-4,6-19,22-34,36-52,59-66,70,85H,5,20-21,35,53-58H2.